The summed E-state index contributed by atoms with van der Waals surface area (Å²) < 4.78 is 13.3. The second kappa shape index (κ2) is 7.71. The van der Waals surface area contributed by atoms with Crippen LogP contribution in [-0.2, 0) is 4.79 Å². The summed E-state index contributed by atoms with van der Waals surface area (Å²) in [4.78, 5) is 13.5. The van der Waals surface area contributed by atoms with Crippen molar-refractivity contribution >= 4 is 5.91 Å². The predicted molar refractivity (Wildman–Crippen MR) is 80.4 cm³/mol. The topological polar surface area (TPSA) is 68.2 Å². The Bertz CT molecular complexity index is 392. The van der Waals surface area contributed by atoms with Crippen LogP contribution in [0.4, 0.5) is 4.39 Å². The number of alkyl halides is 1. The number of likely N-dealkylation sites (tertiary alicyclic amines) is 1. The molecule has 1 amide bonds. The third-order valence-electron chi connectivity index (χ3n) is 3.56. The molecule has 1 aliphatic heterocycles. The van der Waals surface area contributed by atoms with E-state index in [0.29, 0.717) is 5.92 Å². The van der Waals surface area contributed by atoms with Crippen LogP contribution in [0.25, 0.3) is 0 Å². The summed E-state index contributed by atoms with van der Waals surface area (Å²) in [5, 5.41) is 15.5. The molecule has 0 bridgehead atoms. The lowest BCUT2D eigenvalue weighted by molar-refractivity contribution is -0.130. The van der Waals surface area contributed by atoms with Gasteiger partial charge in [0.15, 0.2) is 0 Å². The fraction of sp³-hybridized carbons (Fsp3) is 0.867. The molecule has 2 atom stereocenters. The third kappa shape index (κ3) is 5.98. The zero-order valence-corrected chi connectivity index (χ0v) is 13.4. The van der Waals surface area contributed by atoms with E-state index in [1.807, 2.05) is 19.9 Å². The normalized spacial score (nSPS) is 22.6. The van der Waals surface area contributed by atoms with Gasteiger partial charge < -0.3 is 15.5 Å². The molecule has 21 heavy (non-hydrogen) atoms. The summed E-state index contributed by atoms with van der Waals surface area (Å²) in [6, 6.07) is 1.37. The molecule has 2 N–H and O–H groups in total. The molecular formula is C15H27FN4O. The lowest BCUT2D eigenvalue weighted by Gasteiger charge is -2.28. The second-order valence-electron chi connectivity index (χ2n) is 6.79. The number of rotatable bonds is 7. The highest BCUT2D eigenvalue weighted by molar-refractivity contribution is 5.79. The average molecular weight is 298 g/mol. The van der Waals surface area contributed by atoms with Crippen LogP contribution in [-0.4, -0.2) is 54.7 Å². The van der Waals surface area contributed by atoms with Crippen molar-refractivity contribution in [3.05, 3.63) is 0 Å². The summed E-state index contributed by atoms with van der Waals surface area (Å²) in [6.07, 6.45) is -0.957. The van der Waals surface area contributed by atoms with E-state index in [4.69, 9.17) is 5.26 Å². The van der Waals surface area contributed by atoms with Crippen LogP contribution in [0.5, 0.6) is 0 Å². The van der Waals surface area contributed by atoms with E-state index in [-0.39, 0.29) is 31.0 Å². The van der Waals surface area contributed by atoms with Gasteiger partial charge in [0, 0.05) is 18.5 Å². The molecule has 1 saturated heterocycles. The number of halogens is 1. The molecule has 120 valence electrons. The number of carbonyl (C=O) groups is 1. The van der Waals surface area contributed by atoms with Gasteiger partial charge in [-0.2, -0.15) is 5.26 Å². The van der Waals surface area contributed by atoms with E-state index in [0.717, 1.165) is 13.1 Å². The highest BCUT2D eigenvalue weighted by Gasteiger charge is 2.35. The number of nitriles is 1. The van der Waals surface area contributed by atoms with Gasteiger partial charge in [0.05, 0.1) is 19.2 Å². The number of amides is 1. The van der Waals surface area contributed by atoms with Crippen molar-refractivity contribution in [1.29, 1.82) is 5.26 Å². The van der Waals surface area contributed by atoms with Crippen molar-refractivity contribution in [2.45, 2.75) is 51.9 Å². The van der Waals surface area contributed by atoms with Gasteiger partial charge in [-0.3, -0.25) is 4.79 Å². The van der Waals surface area contributed by atoms with Gasteiger partial charge >= 0.3 is 0 Å². The van der Waals surface area contributed by atoms with Crippen LogP contribution >= 0.6 is 0 Å². The maximum atomic E-state index is 13.3. The molecule has 0 radical (unpaired) electrons. The van der Waals surface area contributed by atoms with Crippen molar-refractivity contribution in [1.82, 2.24) is 15.5 Å². The van der Waals surface area contributed by atoms with E-state index in [9.17, 15) is 9.18 Å². The molecule has 6 heteroatoms. The molecule has 0 spiro atoms. The maximum Gasteiger partial charge on any atom is 0.237 e. The summed E-state index contributed by atoms with van der Waals surface area (Å²) >= 11 is 0. The molecule has 0 saturated carbocycles. The molecule has 0 aromatic rings. The van der Waals surface area contributed by atoms with Crippen LogP contribution in [0, 0.1) is 17.2 Å². The van der Waals surface area contributed by atoms with Gasteiger partial charge in [-0.05, 0) is 26.3 Å². The Morgan fingerprint density at radius 3 is 2.76 bits per heavy atom. The molecule has 1 aliphatic rings. The summed E-state index contributed by atoms with van der Waals surface area (Å²) in [5.41, 5.74) is -0.235. The fourth-order valence-electron chi connectivity index (χ4n) is 2.34. The average Bonchev–Trinajstić information content (AvgIpc) is 2.76. The highest BCUT2D eigenvalue weighted by atomic mass is 19.1. The molecule has 1 unspecified atom stereocenters. The first kappa shape index (κ1) is 17.9. The van der Waals surface area contributed by atoms with Gasteiger partial charge in [-0.15, -0.1) is 0 Å². The molecule has 0 aromatic carbocycles. The van der Waals surface area contributed by atoms with Crippen molar-refractivity contribution < 1.29 is 9.18 Å². The SMILES string of the molecule is CC(C)CNCC(C)(C)NCC(=O)N1C[C@@H](F)CC1C#N. The zero-order valence-electron chi connectivity index (χ0n) is 13.4. The first-order chi connectivity index (χ1) is 9.75. The van der Waals surface area contributed by atoms with Gasteiger partial charge in [-0.1, -0.05) is 13.8 Å². The first-order valence-corrected chi connectivity index (χ1v) is 7.54. The summed E-state index contributed by atoms with van der Waals surface area (Å²) in [5.74, 6) is 0.364. The zero-order chi connectivity index (χ0) is 16.0. The van der Waals surface area contributed by atoms with Crippen molar-refractivity contribution in [3.63, 3.8) is 0 Å². The third-order valence-corrected chi connectivity index (χ3v) is 3.56. The van der Waals surface area contributed by atoms with Gasteiger partial charge in [0.25, 0.3) is 0 Å². The smallest absolute Gasteiger partial charge is 0.237 e. The maximum absolute atomic E-state index is 13.3. The molecule has 1 fully saturated rings. The van der Waals surface area contributed by atoms with Crippen LogP contribution in [0.1, 0.15) is 34.1 Å². The van der Waals surface area contributed by atoms with E-state index in [1.54, 1.807) is 0 Å². The first-order valence-electron chi connectivity index (χ1n) is 7.54. The molecular weight excluding hydrogens is 271 g/mol. The van der Waals surface area contributed by atoms with Crippen LogP contribution < -0.4 is 10.6 Å². The Labute approximate surface area is 126 Å². The quantitative estimate of drug-likeness (QED) is 0.737. The number of carbonyl (C=O) groups excluding carboxylic acids is 1. The molecule has 0 aliphatic carbocycles. The van der Waals surface area contributed by atoms with Crippen molar-refractivity contribution in [2.75, 3.05) is 26.2 Å². The lowest BCUT2D eigenvalue weighted by atomic mass is 10.1. The molecule has 1 heterocycles. The van der Waals surface area contributed by atoms with Crippen LogP contribution in [0.3, 0.4) is 0 Å². The monoisotopic (exact) mass is 298 g/mol. The Balaban J connectivity index is 2.39. The summed E-state index contributed by atoms with van der Waals surface area (Å²) in [6.45, 7) is 10.1. The van der Waals surface area contributed by atoms with E-state index in [2.05, 4.69) is 24.5 Å². The fourth-order valence-corrected chi connectivity index (χ4v) is 2.34. The minimum atomic E-state index is -1.08. The van der Waals surface area contributed by atoms with Gasteiger partial charge in [0.2, 0.25) is 5.91 Å². The van der Waals surface area contributed by atoms with Gasteiger partial charge in [-0.25, -0.2) is 4.39 Å². The second-order valence-corrected chi connectivity index (χ2v) is 6.79. The number of nitrogens with zero attached hydrogens (tertiary/aromatic N) is 2. The lowest BCUT2D eigenvalue weighted by Crippen LogP contribution is -2.52. The number of hydrogen-bond donors (Lipinski definition) is 2. The van der Waals surface area contributed by atoms with E-state index in [1.165, 1.54) is 4.90 Å². The highest BCUT2D eigenvalue weighted by Crippen LogP contribution is 2.19. The van der Waals surface area contributed by atoms with Crippen molar-refractivity contribution in [2.24, 2.45) is 5.92 Å². The Kier molecular flexibility index (Phi) is 6.56. The van der Waals surface area contributed by atoms with Crippen LogP contribution in [0.15, 0.2) is 0 Å². The van der Waals surface area contributed by atoms with E-state index >= 15 is 0 Å². The number of hydrogen-bond acceptors (Lipinski definition) is 4. The standard InChI is InChI=1S/C15H27FN4O/c1-11(2)7-18-10-15(3,4)19-8-14(21)20-9-12(16)5-13(20)6-17/h11-13,18-19H,5,7-10H2,1-4H3/t12-,13?/m0/s1. The predicted octanol–water partition coefficient (Wildman–Crippen LogP) is 1.06. The Morgan fingerprint density at radius 1 is 1.52 bits per heavy atom. The van der Waals surface area contributed by atoms with E-state index < -0.39 is 12.2 Å². The molecule has 0 aromatic heterocycles. The molecule has 1 rings (SSSR count). The number of nitrogens with one attached hydrogen (secondary N) is 2. The van der Waals surface area contributed by atoms with Crippen molar-refractivity contribution in [3.8, 4) is 6.07 Å². The van der Waals surface area contributed by atoms with Gasteiger partial charge in [0.1, 0.15) is 12.2 Å². The Hall–Kier alpha value is -1.19. The molecule has 5 nitrogen and oxygen atoms in total. The minimum Gasteiger partial charge on any atom is -0.323 e. The summed E-state index contributed by atoms with van der Waals surface area (Å²) in [7, 11) is 0. The Morgan fingerprint density at radius 2 is 2.19 bits per heavy atom. The van der Waals surface area contributed by atoms with Crippen LogP contribution in [0.2, 0.25) is 0 Å². The largest absolute Gasteiger partial charge is 0.323 e. The minimum absolute atomic E-state index is 0.0325.